The monoisotopic (exact) mass is 346 g/mol. The molecule has 0 spiro atoms. The zero-order chi connectivity index (χ0) is 18.1. The van der Waals surface area contributed by atoms with E-state index in [-0.39, 0.29) is 5.56 Å². The number of hydrogen-bond acceptors (Lipinski definition) is 2. The molecular formula is C20H17F3O2. The van der Waals surface area contributed by atoms with Crippen molar-refractivity contribution in [2.75, 3.05) is 6.61 Å². The van der Waals surface area contributed by atoms with E-state index in [2.05, 4.69) is 0 Å². The van der Waals surface area contributed by atoms with Gasteiger partial charge in [-0.1, -0.05) is 54.6 Å². The Hall–Kier alpha value is -2.53. The fourth-order valence-electron chi connectivity index (χ4n) is 2.68. The number of halogens is 3. The maximum Gasteiger partial charge on any atom is 0.424 e. The summed E-state index contributed by atoms with van der Waals surface area (Å²) in [4.78, 5) is 0. The highest BCUT2D eigenvalue weighted by Crippen LogP contribution is 2.40. The molecule has 0 fully saturated rings. The maximum atomic E-state index is 13.7. The Bertz CT molecular complexity index is 889. The molecule has 0 aliphatic heterocycles. The van der Waals surface area contributed by atoms with Crippen molar-refractivity contribution in [3.8, 4) is 5.75 Å². The lowest BCUT2D eigenvalue weighted by Crippen LogP contribution is -2.47. The predicted octanol–water partition coefficient (Wildman–Crippen LogP) is 4.98. The van der Waals surface area contributed by atoms with Gasteiger partial charge < -0.3 is 9.84 Å². The van der Waals surface area contributed by atoms with Crippen LogP contribution in [0, 0.1) is 6.92 Å². The molecule has 1 unspecified atom stereocenters. The average molecular weight is 346 g/mol. The highest BCUT2D eigenvalue weighted by atomic mass is 19.4. The van der Waals surface area contributed by atoms with Crippen molar-refractivity contribution in [2.45, 2.75) is 18.7 Å². The summed E-state index contributed by atoms with van der Waals surface area (Å²) >= 11 is 0. The Balaban J connectivity index is 1.99. The Morgan fingerprint density at radius 3 is 2.20 bits per heavy atom. The minimum Gasteiger partial charge on any atom is -0.490 e. The van der Waals surface area contributed by atoms with Gasteiger partial charge in [0.1, 0.15) is 12.4 Å². The third kappa shape index (κ3) is 3.33. The van der Waals surface area contributed by atoms with Gasteiger partial charge >= 0.3 is 6.18 Å². The molecule has 5 heteroatoms. The van der Waals surface area contributed by atoms with E-state index in [1.807, 2.05) is 0 Å². The number of rotatable bonds is 4. The number of aryl methyl sites for hydroxylation is 1. The molecule has 0 aliphatic rings. The molecule has 2 nitrogen and oxygen atoms in total. The molecule has 0 bridgehead atoms. The van der Waals surface area contributed by atoms with Crippen LogP contribution in [-0.2, 0) is 5.60 Å². The van der Waals surface area contributed by atoms with Crippen molar-refractivity contribution in [1.29, 1.82) is 0 Å². The second-order valence-corrected chi connectivity index (χ2v) is 5.97. The number of alkyl halides is 3. The molecule has 0 radical (unpaired) electrons. The lowest BCUT2D eigenvalue weighted by Gasteiger charge is -2.31. The highest BCUT2D eigenvalue weighted by molar-refractivity contribution is 5.83. The third-order valence-corrected chi connectivity index (χ3v) is 4.23. The fourth-order valence-corrected chi connectivity index (χ4v) is 2.68. The summed E-state index contributed by atoms with van der Waals surface area (Å²) in [5, 5.41) is 11.9. The second kappa shape index (κ2) is 6.41. The van der Waals surface area contributed by atoms with Gasteiger partial charge in [-0.3, -0.25) is 0 Å². The van der Waals surface area contributed by atoms with Crippen molar-refractivity contribution in [3.05, 3.63) is 77.9 Å². The molecule has 3 aromatic rings. The number of para-hydroxylation sites is 1. The number of benzene rings is 3. The molecule has 1 atom stereocenters. The van der Waals surface area contributed by atoms with Gasteiger partial charge in [0.25, 0.3) is 0 Å². The third-order valence-electron chi connectivity index (χ3n) is 4.23. The average Bonchev–Trinajstić information content (AvgIpc) is 2.59. The van der Waals surface area contributed by atoms with E-state index in [0.29, 0.717) is 16.7 Å². The van der Waals surface area contributed by atoms with Gasteiger partial charge in [-0.25, -0.2) is 0 Å². The molecule has 130 valence electrons. The van der Waals surface area contributed by atoms with Crippen molar-refractivity contribution >= 4 is 10.8 Å². The number of aliphatic hydroxyl groups is 1. The highest BCUT2D eigenvalue weighted by Gasteiger charge is 2.56. The van der Waals surface area contributed by atoms with Crippen LogP contribution in [0.4, 0.5) is 13.2 Å². The van der Waals surface area contributed by atoms with E-state index in [9.17, 15) is 18.3 Å². The molecule has 0 aromatic heterocycles. The molecule has 3 aromatic carbocycles. The lowest BCUT2D eigenvalue weighted by molar-refractivity contribution is -0.275. The normalized spacial score (nSPS) is 14.3. The minimum absolute atomic E-state index is 0.243. The van der Waals surface area contributed by atoms with Crippen LogP contribution in [0.25, 0.3) is 10.8 Å². The summed E-state index contributed by atoms with van der Waals surface area (Å²) in [6.45, 7) is 0.817. The van der Waals surface area contributed by atoms with Crippen LogP contribution in [0.3, 0.4) is 0 Å². The topological polar surface area (TPSA) is 29.5 Å². The molecule has 0 heterocycles. The van der Waals surface area contributed by atoms with Crippen LogP contribution >= 0.6 is 0 Å². The standard InChI is InChI=1S/C20H17F3O2/c1-14-6-2-5-9-18(14)25-13-19(24,20(21,22)23)17-11-10-15-7-3-4-8-16(15)12-17/h2-12,24H,13H2,1H3. The Labute approximate surface area is 143 Å². The van der Waals surface area contributed by atoms with Crippen LogP contribution in [0.15, 0.2) is 66.7 Å². The van der Waals surface area contributed by atoms with E-state index < -0.39 is 18.4 Å². The maximum absolute atomic E-state index is 13.7. The van der Waals surface area contributed by atoms with Gasteiger partial charge in [0, 0.05) is 0 Å². The first kappa shape index (κ1) is 17.3. The zero-order valence-corrected chi connectivity index (χ0v) is 13.5. The number of hydrogen-bond donors (Lipinski definition) is 1. The first-order chi connectivity index (χ1) is 11.8. The molecular weight excluding hydrogens is 329 g/mol. The van der Waals surface area contributed by atoms with Crippen LogP contribution in [0.5, 0.6) is 5.75 Å². The van der Waals surface area contributed by atoms with Gasteiger partial charge in [-0.2, -0.15) is 13.2 Å². The van der Waals surface area contributed by atoms with E-state index in [0.717, 1.165) is 5.39 Å². The first-order valence-corrected chi connectivity index (χ1v) is 7.78. The molecule has 0 aliphatic carbocycles. The summed E-state index contributed by atoms with van der Waals surface area (Å²) in [6, 6.07) is 18.0. The first-order valence-electron chi connectivity index (χ1n) is 7.78. The van der Waals surface area contributed by atoms with E-state index in [1.165, 1.54) is 12.1 Å². The van der Waals surface area contributed by atoms with Crippen LogP contribution in [-0.4, -0.2) is 17.9 Å². The number of ether oxygens (including phenoxy) is 1. The van der Waals surface area contributed by atoms with E-state index in [4.69, 9.17) is 4.74 Å². The van der Waals surface area contributed by atoms with Gasteiger partial charge in [-0.05, 0) is 41.0 Å². The van der Waals surface area contributed by atoms with E-state index in [1.54, 1.807) is 61.5 Å². The SMILES string of the molecule is Cc1ccccc1OCC(O)(c1ccc2ccccc2c1)C(F)(F)F. The Morgan fingerprint density at radius 2 is 1.52 bits per heavy atom. The van der Waals surface area contributed by atoms with Crippen molar-refractivity contribution < 1.29 is 23.0 Å². The molecule has 1 N–H and O–H groups in total. The zero-order valence-electron chi connectivity index (χ0n) is 13.5. The summed E-state index contributed by atoms with van der Waals surface area (Å²) in [5.74, 6) is 0.311. The fraction of sp³-hybridized carbons (Fsp3) is 0.200. The molecule has 25 heavy (non-hydrogen) atoms. The van der Waals surface area contributed by atoms with Crippen LogP contribution in [0.2, 0.25) is 0 Å². The van der Waals surface area contributed by atoms with Crippen LogP contribution < -0.4 is 4.74 Å². The molecule has 0 saturated heterocycles. The second-order valence-electron chi connectivity index (χ2n) is 5.97. The Kier molecular flexibility index (Phi) is 4.43. The van der Waals surface area contributed by atoms with Crippen molar-refractivity contribution in [2.24, 2.45) is 0 Å². The smallest absolute Gasteiger partial charge is 0.424 e. The summed E-state index contributed by atoms with van der Waals surface area (Å²) < 4.78 is 46.3. The summed E-state index contributed by atoms with van der Waals surface area (Å²) in [5.41, 5.74) is -2.64. The van der Waals surface area contributed by atoms with Gasteiger partial charge in [0.2, 0.25) is 5.60 Å². The lowest BCUT2D eigenvalue weighted by atomic mass is 9.92. The van der Waals surface area contributed by atoms with E-state index >= 15 is 0 Å². The van der Waals surface area contributed by atoms with Gasteiger partial charge in [0.15, 0.2) is 0 Å². The van der Waals surface area contributed by atoms with Gasteiger partial charge in [0.05, 0.1) is 0 Å². The summed E-state index contributed by atoms with van der Waals surface area (Å²) in [7, 11) is 0. The largest absolute Gasteiger partial charge is 0.490 e. The quantitative estimate of drug-likeness (QED) is 0.722. The predicted molar refractivity (Wildman–Crippen MR) is 90.6 cm³/mol. The molecule has 0 amide bonds. The molecule has 0 saturated carbocycles. The Morgan fingerprint density at radius 1 is 0.880 bits per heavy atom. The van der Waals surface area contributed by atoms with Crippen molar-refractivity contribution in [3.63, 3.8) is 0 Å². The van der Waals surface area contributed by atoms with Gasteiger partial charge in [-0.15, -0.1) is 0 Å². The van der Waals surface area contributed by atoms with Crippen LogP contribution in [0.1, 0.15) is 11.1 Å². The van der Waals surface area contributed by atoms with Crippen molar-refractivity contribution in [1.82, 2.24) is 0 Å². The minimum atomic E-state index is -4.88. The summed E-state index contributed by atoms with van der Waals surface area (Å²) in [6.07, 6.45) is -4.88. The number of fused-ring (bicyclic) bond motifs is 1. The molecule has 3 rings (SSSR count).